The summed E-state index contributed by atoms with van der Waals surface area (Å²) in [6.45, 7) is 3.91. The van der Waals surface area contributed by atoms with Crippen molar-refractivity contribution in [1.82, 2.24) is 5.32 Å². The molecule has 2 aromatic carbocycles. The largest absolute Gasteiger partial charge is 0.315 e. The van der Waals surface area contributed by atoms with Crippen LogP contribution in [0.15, 0.2) is 42.5 Å². The van der Waals surface area contributed by atoms with Gasteiger partial charge in [0.1, 0.15) is 5.82 Å². The summed E-state index contributed by atoms with van der Waals surface area (Å²) in [6.07, 6.45) is 0.764. The van der Waals surface area contributed by atoms with E-state index in [1.54, 1.807) is 12.1 Å². The van der Waals surface area contributed by atoms with E-state index in [4.69, 9.17) is 11.6 Å². The SMILES string of the molecule is Cc1cccc(C2(Cc3cc(F)ccc3Cl)CNC2)c1. The number of aryl methyl sites for hydroxylation is 1. The lowest BCUT2D eigenvalue weighted by molar-refractivity contribution is 0.274. The molecule has 2 aromatic rings. The van der Waals surface area contributed by atoms with E-state index in [0.29, 0.717) is 5.02 Å². The fourth-order valence-electron chi connectivity index (χ4n) is 2.88. The second kappa shape index (κ2) is 5.19. The van der Waals surface area contributed by atoms with Gasteiger partial charge in [0.2, 0.25) is 0 Å². The van der Waals surface area contributed by atoms with E-state index in [2.05, 4.69) is 36.5 Å². The first-order valence-electron chi connectivity index (χ1n) is 6.81. The molecule has 0 atom stereocenters. The lowest BCUT2D eigenvalue weighted by Crippen LogP contribution is -2.58. The minimum absolute atomic E-state index is 0.0312. The monoisotopic (exact) mass is 289 g/mol. The Morgan fingerprint density at radius 2 is 2.00 bits per heavy atom. The lowest BCUT2D eigenvalue weighted by Gasteiger charge is -2.44. The quantitative estimate of drug-likeness (QED) is 0.904. The molecule has 1 aliphatic heterocycles. The van der Waals surface area contributed by atoms with Gasteiger partial charge < -0.3 is 5.32 Å². The van der Waals surface area contributed by atoms with Gasteiger partial charge in [-0.1, -0.05) is 41.4 Å². The Morgan fingerprint density at radius 1 is 1.20 bits per heavy atom. The third-order valence-corrected chi connectivity index (χ3v) is 4.46. The van der Waals surface area contributed by atoms with Gasteiger partial charge in [0.15, 0.2) is 0 Å². The highest BCUT2D eigenvalue weighted by molar-refractivity contribution is 6.31. The third-order valence-electron chi connectivity index (χ3n) is 4.09. The molecule has 0 spiro atoms. The van der Waals surface area contributed by atoms with Crippen LogP contribution in [0, 0.1) is 12.7 Å². The molecule has 1 fully saturated rings. The summed E-state index contributed by atoms with van der Waals surface area (Å²) in [6, 6.07) is 13.1. The molecule has 0 saturated carbocycles. The Kier molecular flexibility index (Phi) is 3.53. The van der Waals surface area contributed by atoms with Crippen molar-refractivity contribution < 1.29 is 4.39 Å². The summed E-state index contributed by atoms with van der Waals surface area (Å²) in [5.41, 5.74) is 3.47. The van der Waals surface area contributed by atoms with Gasteiger partial charge in [-0.3, -0.25) is 0 Å². The zero-order valence-electron chi connectivity index (χ0n) is 11.4. The van der Waals surface area contributed by atoms with Gasteiger partial charge in [0.05, 0.1) is 0 Å². The van der Waals surface area contributed by atoms with Crippen LogP contribution in [0.25, 0.3) is 0 Å². The molecule has 1 nitrogen and oxygen atoms in total. The number of halogens is 2. The highest BCUT2D eigenvalue weighted by Gasteiger charge is 2.39. The van der Waals surface area contributed by atoms with Crippen molar-refractivity contribution in [3.8, 4) is 0 Å². The predicted octanol–water partition coefficient (Wildman–Crippen LogP) is 3.87. The van der Waals surface area contributed by atoms with Crippen molar-refractivity contribution in [3.63, 3.8) is 0 Å². The Bertz CT molecular complexity index is 635. The van der Waals surface area contributed by atoms with E-state index in [1.165, 1.54) is 17.2 Å². The van der Waals surface area contributed by atoms with Crippen molar-refractivity contribution in [3.05, 3.63) is 70.0 Å². The second-order valence-corrected chi connectivity index (χ2v) is 6.07. The topological polar surface area (TPSA) is 12.0 Å². The molecule has 0 radical (unpaired) electrons. The maximum absolute atomic E-state index is 13.4. The average Bonchev–Trinajstić information content (AvgIpc) is 2.38. The number of hydrogen-bond acceptors (Lipinski definition) is 1. The molecule has 0 amide bonds. The summed E-state index contributed by atoms with van der Waals surface area (Å²) >= 11 is 6.21. The fraction of sp³-hybridized carbons (Fsp3) is 0.294. The van der Waals surface area contributed by atoms with Crippen molar-refractivity contribution >= 4 is 11.6 Å². The molecule has 3 rings (SSSR count). The predicted molar refractivity (Wildman–Crippen MR) is 80.8 cm³/mol. The third kappa shape index (κ3) is 2.46. The molecule has 20 heavy (non-hydrogen) atoms. The maximum atomic E-state index is 13.4. The maximum Gasteiger partial charge on any atom is 0.123 e. The normalized spacial score (nSPS) is 16.8. The van der Waals surface area contributed by atoms with Gasteiger partial charge in [0.25, 0.3) is 0 Å². The van der Waals surface area contributed by atoms with Crippen molar-refractivity contribution in [2.45, 2.75) is 18.8 Å². The van der Waals surface area contributed by atoms with E-state index in [1.807, 2.05) is 0 Å². The molecular weight excluding hydrogens is 273 g/mol. The van der Waals surface area contributed by atoms with Crippen molar-refractivity contribution in [2.75, 3.05) is 13.1 Å². The van der Waals surface area contributed by atoms with E-state index in [9.17, 15) is 4.39 Å². The van der Waals surface area contributed by atoms with Crippen LogP contribution < -0.4 is 5.32 Å². The Hall–Kier alpha value is -1.38. The number of nitrogens with one attached hydrogen (secondary N) is 1. The average molecular weight is 290 g/mol. The van der Waals surface area contributed by atoms with Gasteiger partial charge in [0, 0.05) is 23.5 Å². The highest BCUT2D eigenvalue weighted by atomic mass is 35.5. The van der Waals surface area contributed by atoms with Crippen LogP contribution in [-0.2, 0) is 11.8 Å². The molecule has 104 valence electrons. The van der Waals surface area contributed by atoms with Crippen LogP contribution in [0.4, 0.5) is 4.39 Å². The molecule has 1 heterocycles. The standard InChI is InChI=1S/C17H17ClFN/c1-12-3-2-4-14(7-12)17(10-20-11-17)9-13-8-15(19)5-6-16(13)18/h2-8,20H,9-11H2,1H3. The molecule has 1 aliphatic rings. The first kappa shape index (κ1) is 13.6. The van der Waals surface area contributed by atoms with Crippen LogP contribution in [-0.4, -0.2) is 13.1 Å². The van der Waals surface area contributed by atoms with Gasteiger partial charge in [-0.25, -0.2) is 4.39 Å². The van der Waals surface area contributed by atoms with E-state index >= 15 is 0 Å². The van der Waals surface area contributed by atoms with Crippen LogP contribution in [0.2, 0.25) is 5.02 Å². The van der Waals surface area contributed by atoms with Gasteiger partial charge in [-0.05, 0) is 42.7 Å². The minimum Gasteiger partial charge on any atom is -0.315 e. The molecule has 0 bridgehead atoms. The molecule has 0 aliphatic carbocycles. The summed E-state index contributed by atoms with van der Waals surface area (Å²) in [7, 11) is 0. The van der Waals surface area contributed by atoms with Gasteiger partial charge >= 0.3 is 0 Å². The van der Waals surface area contributed by atoms with Crippen molar-refractivity contribution in [1.29, 1.82) is 0 Å². The first-order chi connectivity index (χ1) is 9.59. The van der Waals surface area contributed by atoms with E-state index < -0.39 is 0 Å². The number of rotatable bonds is 3. The number of hydrogen-bond donors (Lipinski definition) is 1. The summed E-state index contributed by atoms with van der Waals surface area (Å²) < 4.78 is 13.4. The van der Waals surface area contributed by atoms with Crippen LogP contribution >= 0.6 is 11.6 Å². The Labute approximate surface area is 123 Å². The zero-order valence-corrected chi connectivity index (χ0v) is 12.2. The van der Waals surface area contributed by atoms with E-state index in [-0.39, 0.29) is 11.2 Å². The second-order valence-electron chi connectivity index (χ2n) is 5.67. The van der Waals surface area contributed by atoms with Crippen LogP contribution in [0.5, 0.6) is 0 Å². The van der Waals surface area contributed by atoms with Gasteiger partial charge in [-0.15, -0.1) is 0 Å². The Morgan fingerprint density at radius 3 is 2.65 bits per heavy atom. The minimum atomic E-state index is -0.226. The number of benzene rings is 2. The smallest absolute Gasteiger partial charge is 0.123 e. The van der Waals surface area contributed by atoms with Crippen molar-refractivity contribution in [2.24, 2.45) is 0 Å². The zero-order chi connectivity index (χ0) is 14.2. The van der Waals surface area contributed by atoms with Gasteiger partial charge in [-0.2, -0.15) is 0 Å². The molecule has 3 heteroatoms. The molecular formula is C17H17ClFN. The summed E-state index contributed by atoms with van der Waals surface area (Å²) in [5, 5.41) is 3.98. The van der Waals surface area contributed by atoms with E-state index in [0.717, 1.165) is 25.1 Å². The summed E-state index contributed by atoms with van der Waals surface area (Å²) in [4.78, 5) is 0. The molecule has 0 unspecified atom stereocenters. The Balaban J connectivity index is 1.96. The van der Waals surface area contributed by atoms with Crippen LogP contribution in [0.3, 0.4) is 0 Å². The highest BCUT2D eigenvalue weighted by Crippen LogP contribution is 2.35. The lowest BCUT2D eigenvalue weighted by atomic mass is 9.70. The molecule has 1 N–H and O–H groups in total. The van der Waals surface area contributed by atoms with Crippen LogP contribution in [0.1, 0.15) is 16.7 Å². The molecule has 1 saturated heterocycles. The fourth-order valence-corrected chi connectivity index (χ4v) is 3.06. The first-order valence-corrected chi connectivity index (χ1v) is 7.19. The summed E-state index contributed by atoms with van der Waals surface area (Å²) in [5.74, 6) is -0.226. The molecule has 0 aromatic heterocycles.